The zero-order valence-electron chi connectivity index (χ0n) is 19.1. The summed E-state index contributed by atoms with van der Waals surface area (Å²) in [6.45, 7) is 9.42. The van der Waals surface area contributed by atoms with Gasteiger partial charge in [-0.3, -0.25) is 9.59 Å². The fraction of sp³-hybridized carbons (Fsp3) is 0.462. The average molecular weight is 422 g/mol. The standard InChI is InChI=1S/C26H35N3O2/c1-4-7-10-20-11-13-21(14-12-20)25(30)27-22-15-16-24(29-17-8-9-18-29)23(19-22)26(31)28(5-2)6-3/h11-16,19H,4-10,17-18H2,1-3H3,(H,27,30). The number of unbranched alkanes of at least 4 members (excludes halogenated alkanes) is 1. The van der Waals surface area contributed by atoms with Crippen molar-refractivity contribution in [1.82, 2.24) is 4.90 Å². The lowest BCUT2D eigenvalue weighted by Gasteiger charge is -2.25. The van der Waals surface area contributed by atoms with E-state index in [4.69, 9.17) is 0 Å². The van der Waals surface area contributed by atoms with Crippen molar-refractivity contribution in [3.63, 3.8) is 0 Å². The van der Waals surface area contributed by atoms with Gasteiger partial charge in [-0.15, -0.1) is 0 Å². The van der Waals surface area contributed by atoms with E-state index in [-0.39, 0.29) is 11.8 Å². The van der Waals surface area contributed by atoms with Crippen LogP contribution in [0.2, 0.25) is 0 Å². The van der Waals surface area contributed by atoms with E-state index in [1.54, 1.807) is 0 Å². The van der Waals surface area contributed by atoms with Crippen molar-refractivity contribution < 1.29 is 9.59 Å². The Labute approximate surface area is 186 Å². The first kappa shape index (κ1) is 22.9. The molecule has 0 radical (unpaired) electrons. The fourth-order valence-corrected chi connectivity index (χ4v) is 4.11. The van der Waals surface area contributed by atoms with Gasteiger partial charge in [-0.25, -0.2) is 0 Å². The zero-order chi connectivity index (χ0) is 22.2. The van der Waals surface area contributed by atoms with E-state index in [1.807, 2.05) is 61.2 Å². The Morgan fingerprint density at radius 2 is 1.65 bits per heavy atom. The molecule has 5 nitrogen and oxygen atoms in total. The molecule has 2 aromatic carbocycles. The van der Waals surface area contributed by atoms with Crippen molar-refractivity contribution in [2.45, 2.75) is 52.9 Å². The highest BCUT2D eigenvalue weighted by Gasteiger charge is 2.23. The van der Waals surface area contributed by atoms with Gasteiger partial charge in [-0.1, -0.05) is 25.5 Å². The number of carbonyl (C=O) groups excluding carboxylic acids is 2. The molecule has 1 saturated heterocycles. The van der Waals surface area contributed by atoms with Crippen LogP contribution in [-0.2, 0) is 6.42 Å². The van der Waals surface area contributed by atoms with Crippen LogP contribution in [0.15, 0.2) is 42.5 Å². The van der Waals surface area contributed by atoms with E-state index in [0.29, 0.717) is 29.9 Å². The average Bonchev–Trinajstić information content (AvgIpc) is 3.33. The molecule has 1 N–H and O–H groups in total. The molecule has 0 spiro atoms. The number of benzene rings is 2. The fourth-order valence-electron chi connectivity index (χ4n) is 4.11. The molecule has 2 amide bonds. The predicted octanol–water partition coefficient (Wildman–Crippen LogP) is 5.36. The third-order valence-electron chi connectivity index (χ3n) is 6.02. The van der Waals surface area contributed by atoms with Crippen LogP contribution in [0, 0.1) is 0 Å². The number of aryl methyl sites for hydroxylation is 1. The largest absolute Gasteiger partial charge is 0.371 e. The molecule has 0 aliphatic carbocycles. The van der Waals surface area contributed by atoms with Crippen molar-refractivity contribution >= 4 is 23.2 Å². The number of hydrogen-bond donors (Lipinski definition) is 1. The molecule has 0 saturated carbocycles. The van der Waals surface area contributed by atoms with Gasteiger partial charge in [0.1, 0.15) is 0 Å². The number of nitrogens with zero attached hydrogens (tertiary/aromatic N) is 2. The number of carbonyl (C=O) groups is 2. The maximum atomic E-state index is 13.2. The molecule has 2 aromatic rings. The molecule has 1 aliphatic rings. The summed E-state index contributed by atoms with van der Waals surface area (Å²) in [5, 5.41) is 2.98. The second-order valence-electron chi connectivity index (χ2n) is 8.16. The van der Waals surface area contributed by atoms with Gasteiger partial charge in [0.15, 0.2) is 0 Å². The van der Waals surface area contributed by atoms with Gasteiger partial charge < -0.3 is 15.1 Å². The van der Waals surface area contributed by atoms with Gasteiger partial charge >= 0.3 is 0 Å². The molecule has 0 unspecified atom stereocenters. The minimum Gasteiger partial charge on any atom is -0.371 e. The molecule has 31 heavy (non-hydrogen) atoms. The summed E-state index contributed by atoms with van der Waals surface area (Å²) >= 11 is 0. The van der Waals surface area contributed by atoms with Crippen LogP contribution in [0.25, 0.3) is 0 Å². The van der Waals surface area contributed by atoms with E-state index < -0.39 is 0 Å². The summed E-state index contributed by atoms with van der Waals surface area (Å²) in [5.74, 6) is -0.138. The number of anilines is 2. The van der Waals surface area contributed by atoms with E-state index in [0.717, 1.165) is 50.9 Å². The molecule has 0 aromatic heterocycles. The second-order valence-corrected chi connectivity index (χ2v) is 8.16. The Morgan fingerprint density at radius 1 is 0.968 bits per heavy atom. The number of rotatable bonds is 9. The van der Waals surface area contributed by atoms with Crippen LogP contribution in [0.3, 0.4) is 0 Å². The Hall–Kier alpha value is -2.82. The van der Waals surface area contributed by atoms with Gasteiger partial charge in [-0.2, -0.15) is 0 Å². The van der Waals surface area contributed by atoms with Crippen LogP contribution < -0.4 is 10.2 Å². The Kier molecular flexibility index (Phi) is 8.10. The monoisotopic (exact) mass is 421 g/mol. The SMILES string of the molecule is CCCCc1ccc(C(=O)Nc2ccc(N3CCCC3)c(C(=O)N(CC)CC)c2)cc1. The highest BCUT2D eigenvalue weighted by molar-refractivity contribution is 6.06. The van der Waals surface area contributed by atoms with Gasteiger partial charge in [0.25, 0.3) is 11.8 Å². The first-order valence-electron chi connectivity index (χ1n) is 11.7. The molecular weight excluding hydrogens is 386 g/mol. The van der Waals surface area contributed by atoms with Crippen LogP contribution in [-0.4, -0.2) is 42.9 Å². The number of hydrogen-bond acceptors (Lipinski definition) is 3. The quantitative estimate of drug-likeness (QED) is 0.593. The zero-order valence-corrected chi connectivity index (χ0v) is 19.1. The summed E-state index contributed by atoms with van der Waals surface area (Å²) in [6.07, 6.45) is 5.63. The van der Waals surface area contributed by atoms with Crippen molar-refractivity contribution in [1.29, 1.82) is 0 Å². The molecular formula is C26H35N3O2. The summed E-state index contributed by atoms with van der Waals surface area (Å²) in [6, 6.07) is 13.5. The van der Waals surface area contributed by atoms with Crippen molar-refractivity contribution in [2.75, 3.05) is 36.4 Å². The molecule has 166 valence electrons. The van der Waals surface area contributed by atoms with Gasteiger partial charge in [0.05, 0.1) is 5.56 Å². The predicted molar refractivity (Wildman–Crippen MR) is 128 cm³/mol. The summed E-state index contributed by atoms with van der Waals surface area (Å²) in [4.78, 5) is 30.1. The lowest BCUT2D eigenvalue weighted by molar-refractivity contribution is 0.0773. The highest BCUT2D eigenvalue weighted by atomic mass is 16.2. The molecule has 1 aliphatic heterocycles. The van der Waals surface area contributed by atoms with Gasteiger partial charge in [0.2, 0.25) is 0 Å². The number of nitrogens with one attached hydrogen (secondary N) is 1. The van der Waals surface area contributed by atoms with E-state index >= 15 is 0 Å². The lowest BCUT2D eigenvalue weighted by atomic mass is 10.1. The molecule has 0 bridgehead atoms. The second kappa shape index (κ2) is 11.0. The highest BCUT2D eigenvalue weighted by Crippen LogP contribution is 2.29. The van der Waals surface area contributed by atoms with E-state index in [2.05, 4.69) is 17.1 Å². The molecule has 1 heterocycles. The molecule has 5 heteroatoms. The van der Waals surface area contributed by atoms with Crippen molar-refractivity contribution in [3.8, 4) is 0 Å². The van der Waals surface area contributed by atoms with E-state index in [1.165, 1.54) is 5.56 Å². The van der Waals surface area contributed by atoms with E-state index in [9.17, 15) is 9.59 Å². The Balaban J connectivity index is 1.81. The smallest absolute Gasteiger partial charge is 0.256 e. The maximum Gasteiger partial charge on any atom is 0.256 e. The van der Waals surface area contributed by atoms with Crippen molar-refractivity contribution in [2.24, 2.45) is 0 Å². The lowest BCUT2D eigenvalue weighted by Crippen LogP contribution is -2.32. The summed E-state index contributed by atoms with van der Waals surface area (Å²) < 4.78 is 0. The normalized spacial score (nSPS) is 13.3. The van der Waals surface area contributed by atoms with Crippen LogP contribution in [0.1, 0.15) is 72.7 Å². The third-order valence-corrected chi connectivity index (χ3v) is 6.02. The third kappa shape index (κ3) is 5.66. The molecule has 1 fully saturated rings. The number of amides is 2. The van der Waals surface area contributed by atoms with Crippen LogP contribution >= 0.6 is 0 Å². The van der Waals surface area contributed by atoms with Crippen LogP contribution in [0.5, 0.6) is 0 Å². The van der Waals surface area contributed by atoms with Crippen LogP contribution in [0.4, 0.5) is 11.4 Å². The van der Waals surface area contributed by atoms with Gasteiger partial charge in [0, 0.05) is 43.1 Å². The minimum atomic E-state index is -0.155. The topological polar surface area (TPSA) is 52.7 Å². The minimum absolute atomic E-state index is 0.0169. The summed E-state index contributed by atoms with van der Waals surface area (Å²) in [5.41, 5.74) is 4.16. The van der Waals surface area contributed by atoms with Crippen molar-refractivity contribution in [3.05, 3.63) is 59.2 Å². The molecule has 0 atom stereocenters. The Morgan fingerprint density at radius 3 is 2.26 bits per heavy atom. The molecule has 3 rings (SSSR count). The first-order valence-corrected chi connectivity index (χ1v) is 11.7. The maximum absolute atomic E-state index is 13.2. The van der Waals surface area contributed by atoms with Gasteiger partial charge in [-0.05, 0) is 75.4 Å². The Bertz CT molecular complexity index is 882. The summed E-state index contributed by atoms with van der Waals surface area (Å²) in [7, 11) is 0. The first-order chi connectivity index (χ1) is 15.1.